The van der Waals surface area contributed by atoms with Crippen molar-refractivity contribution in [1.82, 2.24) is 5.32 Å². The lowest BCUT2D eigenvalue weighted by Crippen LogP contribution is -2.16. The maximum absolute atomic E-state index is 6.16. The van der Waals surface area contributed by atoms with E-state index < -0.39 is 0 Å². The minimum atomic E-state index is 0. The molecule has 0 saturated heterocycles. The van der Waals surface area contributed by atoms with Gasteiger partial charge in [-0.1, -0.05) is 65.1 Å². The van der Waals surface area contributed by atoms with E-state index >= 15 is 0 Å². The molecule has 0 amide bonds. The molecule has 3 rings (SSSR count). The molecule has 0 radical (unpaired) electrons. The fourth-order valence-electron chi connectivity index (χ4n) is 2.62. The molecule has 0 aromatic heterocycles. The van der Waals surface area contributed by atoms with Gasteiger partial charge in [-0.05, 0) is 60.5 Å². The molecular weight excluding hydrogens is 436 g/mol. The zero-order valence-corrected chi connectivity index (χ0v) is 18.2. The molecule has 0 saturated carbocycles. The largest absolute Gasteiger partial charge is 0.489 e. The highest BCUT2D eigenvalue weighted by atomic mass is 35.5. The second-order valence-electron chi connectivity index (χ2n) is 6.22. The van der Waals surface area contributed by atoms with Crippen molar-refractivity contribution in [3.8, 4) is 5.75 Å². The fourth-order valence-corrected chi connectivity index (χ4v) is 3.21. The lowest BCUT2D eigenvalue weighted by atomic mass is 10.1. The van der Waals surface area contributed by atoms with E-state index in [1.165, 1.54) is 11.1 Å². The lowest BCUT2D eigenvalue weighted by molar-refractivity contribution is 0.306. The Bertz CT molecular complexity index is 867. The van der Waals surface area contributed by atoms with Crippen molar-refractivity contribution in [2.24, 2.45) is 0 Å². The summed E-state index contributed by atoms with van der Waals surface area (Å²) >= 11 is 18.0. The van der Waals surface area contributed by atoms with Gasteiger partial charge in [-0.2, -0.15) is 0 Å². The predicted molar refractivity (Wildman–Crippen MR) is 121 cm³/mol. The molecule has 28 heavy (non-hydrogen) atoms. The van der Waals surface area contributed by atoms with Crippen molar-refractivity contribution in [3.05, 3.63) is 98.5 Å². The average Bonchev–Trinajstić information content (AvgIpc) is 2.67. The van der Waals surface area contributed by atoms with E-state index in [9.17, 15) is 0 Å². The minimum Gasteiger partial charge on any atom is -0.489 e. The molecular formula is C22H21Cl4NO. The average molecular weight is 457 g/mol. The van der Waals surface area contributed by atoms with E-state index in [0.717, 1.165) is 35.8 Å². The van der Waals surface area contributed by atoms with Crippen LogP contribution in [0.3, 0.4) is 0 Å². The summed E-state index contributed by atoms with van der Waals surface area (Å²) < 4.78 is 5.80. The zero-order chi connectivity index (χ0) is 19.1. The van der Waals surface area contributed by atoms with E-state index in [-0.39, 0.29) is 12.4 Å². The quantitative estimate of drug-likeness (QED) is 0.369. The first-order valence-corrected chi connectivity index (χ1v) is 9.84. The molecule has 0 aliphatic rings. The molecule has 0 spiro atoms. The highest BCUT2D eigenvalue weighted by molar-refractivity contribution is 6.35. The van der Waals surface area contributed by atoms with Gasteiger partial charge in [-0.25, -0.2) is 0 Å². The number of nitrogens with one attached hydrogen (secondary N) is 1. The van der Waals surface area contributed by atoms with Gasteiger partial charge in [0, 0.05) is 27.2 Å². The summed E-state index contributed by atoms with van der Waals surface area (Å²) in [6.07, 6.45) is 0.972. The van der Waals surface area contributed by atoms with Gasteiger partial charge < -0.3 is 10.1 Å². The van der Waals surface area contributed by atoms with E-state index in [2.05, 4.69) is 29.6 Å². The molecule has 0 bridgehead atoms. The van der Waals surface area contributed by atoms with Crippen LogP contribution in [0.25, 0.3) is 0 Å². The SMILES string of the molecule is Cl.Clc1ccc(CCNCc2ccc(OCc3ccc(Cl)cc3Cl)cc2)cc1. The predicted octanol–water partition coefficient (Wildman–Crippen LogP) is 6.98. The van der Waals surface area contributed by atoms with Crippen LogP contribution in [0.5, 0.6) is 5.75 Å². The van der Waals surface area contributed by atoms with Crippen molar-refractivity contribution in [2.75, 3.05) is 6.54 Å². The van der Waals surface area contributed by atoms with Crippen LogP contribution in [-0.4, -0.2) is 6.54 Å². The molecule has 0 aliphatic carbocycles. The Labute approximate surface area is 187 Å². The first-order valence-electron chi connectivity index (χ1n) is 8.71. The molecule has 0 fully saturated rings. The number of halogens is 4. The van der Waals surface area contributed by atoms with Crippen molar-refractivity contribution >= 4 is 47.2 Å². The second-order valence-corrected chi connectivity index (χ2v) is 7.50. The Kier molecular flexibility index (Phi) is 9.43. The number of ether oxygens (including phenoxy) is 1. The third-order valence-corrected chi connectivity index (χ3v) is 5.00. The molecule has 0 heterocycles. The summed E-state index contributed by atoms with van der Waals surface area (Å²) in [5.41, 5.74) is 3.40. The summed E-state index contributed by atoms with van der Waals surface area (Å²) in [5, 5.41) is 5.46. The maximum atomic E-state index is 6.16. The standard InChI is InChI=1S/C22H20Cl3NO.ClH/c23-19-6-1-16(2-7-19)11-12-26-14-17-3-9-21(10-4-17)27-15-18-5-8-20(24)13-22(18)25;/h1-10,13,26H,11-12,14-15H2;1H. The molecule has 3 aromatic rings. The van der Waals surface area contributed by atoms with Crippen LogP contribution in [0.2, 0.25) is 15.1 Å². The minimum absolute atomic E-state index is 0. The van der Waals surface area contributed by atoms with Crippen LogP contribution in [0, 0.1) is 0 Å². The maximum Gasteiger partial charge on any atom is 0.119 e. The fraction of sp³-hybridized carbons (Fsp3) is 0.182. The Morgan fingerprint density at radius 1 is 0.750 bits per heavy atom. The van der Waals surface area contributed by atoms with Gasteiger partial charge in [0.2, 0.25) is 0 Å². The molecule has 3 aromatic carbocycles. The van der Waals surface area contributed by atoms with E-state index in [0.29, 0.717) is 16.7 Å². The van der Waals surface area contributed by atoms with Crippen LogP contribution >= 0.6 is 47.2 Å². The van der Waals surface area contributed by atoms with Crippen LogP contribution in [0.4, 0.5) is 0 Å². The van der Waals surface area contributed by atoms with Crippen molar-refractivity contribution in [2.45, 2.75) is 19.6 Å². The number of benzene rings is 3. The Morgan fingerprint density at radius 2 is 1.39 bits per heavy atom. The van der Waals surface area contributed by atoms with Crippen LogP contribution in [0.15, 0.2) is 66.7 Å². The van der Waals surface area contributed by atoms with E-state index in [1.54, 1.807) is 6.07 Å². The number of rotatable bonds is 8. The summed E-state index contributed by atoms with van der Waals surface area (Å²) in [5.74, 6) is 0.811. The van der Waals surface area contributed by atoms with Gasteiger partial charge in [0.25, 0.3) is 0 Å². The highest BCUT2D eigenvalue weighted by Gasteiger charge is 2.03. The summed E-state index contributed by atoms with van der Waals surface area (Å²) in [6.45, 7) is 2.14. The van der Waals surface area contributed by atoms with Gasteiger partial charge in [0.15, 0.2) is 0 Å². The molecule has 0 unspecified atom stereocenters. The van der Waals surface area contributed by atoms with Crippen LogP contribution in [0.1, 0.15) is 16.7 Å². The molecule has 6 heteroatoms. The molecule has 148 valence electrons. The topological polar surface area (TPSA) is 21.3 Å². The molecule has 1 N–H and O–H groups in total. The highest BCUT2D eigenvalue weighted by Crippen LogP contribution is 2.23. The second kappa shape index (κ2) is 11.5. The van der Waals surface area contributed by atoms with Crippen LogP contribution in [-0.2, 0) is 19.6 Å². The van der Waals surface area contributed by atoms with Crippen molar-refractivity contribution in [1.29, 1.82) is 0 Å². The van der Waals surface area contributed by atoms with Gasteiger partial charge in [0.1, 0.15) is 12.4 Å². The van der Waals surface area contributed by atoms with Crippen molar-refractivity contribution in [3.63, 3.8) is 0 Å². The Balaban J connectivity index is 0.00000280. The summed E-state index contributed by atoms with van der Waals surface area (Å²) in [6, 6.07) is 21.4. The van der Waals surface area contributed by atoms with Gasteiger partial charge in [-0.3, -0.25) is 0 Å². The van der Waals surface area contributed by atoms with E-state index in [1.807, 2.05) is 36.4 Å². The normalized spacial score (nSPS) is 10.4. The van der Waals surface area contributed by atoms with Crippen molar-refractivity contribution < 1.29 is 4.74 Å². The van der Waals surface area contributed by atoms with Gasteiger partial charge >= 0.3 is 0 Å². The number of hydrogen-bond donors (Lipinski definition) is 1. The summed E-state index contributed by atoms with van der Waals surface area (Å²) in [7, 11) is 0. The molecule has 2 nitrogen and oxygen atoms in total. The van der Waals surface area contributed by atoms with E-state index in [4.69, 9.17) is 39.5 Å². The van der Waals surface area contributed by atoms with Gasteiger partial charge in [-0.15, -0.1) is 12.4 Å². The third-order valence-electron chi connectivity index (χ3n) is 4.17. The molecule has 0 atom stereocenters. The molecule has 0 aliphatic heterocycles. The first-order chi connectivity index (χ1) is 13.1. The third kappa shape index (κ3) is 7.20. The lowest BCUT2D eigenvalue weighted by Gasteiger charge is -2.09. The smallest absolute Gasteiger partial charge is 0.119 e. The number of hydrogen-bond acceptors (Lipinski definition) is 2. The van der Waals surface area contributed by atoms with Crippen LogP contribution < -0.4 is 10.1 Å². The summed E-state index contributed by atoms with van der Waals surface area (Å²) in [4.78, 5) is 0. The first kappa shape index (κ1) is 22.9. The van der Waals surface area contributed by atoms with Gasteiger partial charge in [0.05, 0.1) is 0 Å². The Hall–Kier alpha value is -1.42. The monoisotopic (exact) mass is 455 g/mol. The Morgan fingerprint density at radius 3 is 2.07 bits per heavy atom. The zero-order valence-electron chi connectivity index (χ0n) is 15.1.